The average molecular weight is 546 g/mol. The number of hydrogen-bond donors (Lipinski definition) is 3. The monoisotopic (exact) mass is 545 g/mol. The van der Waals surface area contributed by atoms with Crippen LogP contribution >= 0.6 is 11.6 Å². The van der Waals surface area contributed by atoms with E-state index in [9.17, 15) is 22.8 Å². The molecular weight excluding hydrogens is 522 g/mol. The third-order valence-corrected chi connectivity index (χ3v) is 6.82. The highest BCUT2D eigenvalue weighted by Gasteiger charge is 2.18. The Hall–Kier alpha value is -4.09. The smallest absolute Gasteiger partial charge is 0.338 e. The molecule has 0 aliphatic rings. The van der Waals surface area contributed by atoms with E-state index in [1.165, 1.54) is 43.5 Å². The van der Waals surface area contributed by atoms with Crippen LogP contribution in [-0.2, 0) is 19.6 Å². The minimum Gasteiger partial charge on any atom is -0.496 e. The average Bonchev–Trinajstić information content (AvgIpc) is 2.87. The van der Waals surface area contributed by atoms with Crippen molar-refractivity contribution in [3.63, 3.8) is 0 Å². The first-order valence-electron chi connectivity index (χ1n) is 10.8. The molecule has 0 heterocycles. The maximum absolute atomic E-state index is 12.7. The molecule has 2 amide bonds. The number of methoxy groups -OCH3 is 1. The molecule has 0 saturated carbocycles. The number of amides is 2. The van der Waals surface area contributed by atoms with Crippen LogP contribution in [0.25, 0.3) is 0 Å². The first-order chi connectivity index (χ1) is 17.5. The summed E-state index contributed by atoms with van der Waals surface area (Å²) in [7, 11) is -2.45. The highest BCUT2D eigenvalue weighted by molar-refractivity contribution is 7.92. The molecule has 12 heteroatoms. The molecule has 37 heavy (non-hydrogen) atoms. The van der Waals surface area contributed by atoms with Gasteiger partial charge in [-0.25, -0.2) is 13.2 Å². The van der Waals surface area contributed by atoms with Gasteiger partial charge in [-0.2, -0.15) is 0 Å². The molecule has 0 bridgehead atoms. The van der Waals surface area contributed by atoms with Gasteiger partial charge in [-0.05, 0) is 73.5 Å². The SMILES string of the molecule is COc1ccc(Cl)cc1C(=O)NNC(=O)COC(=O)c1ccc(NS(=O)(=O)c2cc(C)ccc2C)cc1. The lowest BCUT2D eigenvalue weighted by molar-refractivity contribution is -0.125. The highest BCUT2D eigenvalue weighted by Crippen LogP contribution is 2.23. The molecule has 0 saturated heterocycles. The number of anilines is 1. The molecule has 3 aromatic rings. The van der Waals surface area contributed by atoms with Crippen LogP contribution in [-0.4, -0.2) is 39.9 Å². The predicted octanol–water partition coefficient (Wildman–Crippen LogP) is 3.38. The van der Waals surface area contributed by atoms with Crippen molar-refractivity contribution in [1.82, 2.24) is 10.9 Å². The van der Waals surface area contributed by atoms with Crippen LogP contribution in [0.5, 0.6) is 5.75 Å². The fraction of sp³-hybridized carbons (Fsp3) is 0.160. The van der Waals surface area contributed by atoms with Gasteiger partial charge in [-0.3, -0.25) is 25.2 Å². The van der Waals surface area contributed by atoms with Crippen molar-refractivity contribution in [3.05, 3.63) is 87.9 Å². The normalized spacial score (nSPS) is 10.8. The Morgan fingerprint density at radius 1 is 0.919 bits per heavy atom. The first-order valence-corrected chi connectivity index (χ1v) is 12.7. The largest absolute Gasteiger partial charge is 0.496 e. The van der Waals surface area contributed by atoms with Crippen LogP contribution in [0, 0.1) is 13.8 Å². The van der Waals surface area contributed by atoms with Crippen molar-refractivity contribution in [2.45, 2.75) is 18.7 Å². The highest BCUT2D eigenvalue weighted by atomic mass is 35.5. The molecule has 3 N–H and O–H groups in total. The van der Waals surface area contributed by atoms with E-state index in [4.69, 9.17) is 21.1 Å². The number of sulfonamides is 1. The van der Waals surface area contributed by atoms with Crippen molar-refractivity contribution in [2.24, 2.45) is 0 Å². The second kappa shape index (κ2) is 11.8. The van der Waals surface area contributed by atoms with E-state index in [2.05, 4.69) is 15.6 Å². The molecular formula is C25H24ClN3O7S. The van der Waals surface area contributed by atoms with Gasteiger partial charge in [0.05, 0.1) is 23.1 Å². The van der Waals surface area contributed by atoms with Crippen molar-refractivity contribution in [2.75, 3.05) is 18.4 Å². The van der Waals surface area contributed by atoms with Gasteiger partial charge >= 0.3 is 5.97 Å². The molecule has 0 unspecified atom stereocenters. The second-order valence-corrected chi connectivity index (χ2v) is 9.96. The summed E-state index contributed by atoms with van der Waals surface area (Å²) >= 11 is 5.89. The number of rotatable bonds is 8. The van der Waals surface area contributed by atoms with E-state index in [1.54, 1.807) is 32.0 Å². The number of ether oxygens (including phenoxy) is 2. The zero-order chi connectivity index (χ0) is 27.2. The molecule has 194 valence electrons. The third kappa shape index (κ3) is 7.21. The second-order valence-electron chi connectivity index (χ2n) is 7.87. The van der Waals surface area contributed by atoms with E-state index in [-0.39, 0.29) is 27.5 Å². The predicted molar refractivity (Wildman–Crippen MR) is 137 cm³/mol. The van der Waals surface area contributed by atoms with E-state index < -0.39 is 34.4 Å². The Kier molecular flexibility index (Phi) is 8.74. The number of esters is 1. The maximum atomic E-state index is 12.7. The van der Waals surface area contributed by atoms with Gasteiger partial charge in [0, 0.05) is 10.7 Å². The van der Waals surface area contributed by atoms with Gasteiger partial charge in [0.25, 0.3) is 21.8 Å². The Bertz CT molecular complexity index is 1440. The van der Waals surface area contributed by atoms with Crippen molar-refractivity contribution in [3.8, 4) is 5.75 Å². The van der Waals surface area contributed by atoms with Crippen LogP contribution in [0.3, 0.4) is 0 Å². The maximum Gasteiger partial charge on any atom is 0.338 e. The molecule has 3 rings (SSSR count). The van der Waals surface area contributed by atoms with E-state index in [0.717, 1.165) is 5.56 Å². The quantitative estimate of drug-likeness (QED) is 0.291. The molecule has 0 aliphatic carbocycles. The summed E-state index contributed by atoms with van der Waals surface area (Å²) in [5.74, 6) is -2.04. The van der Waals surface area contributed by atoms with Crippen molar-refractivity contribution in [1.29, 1.82) is 0 Å². The summed E-state index contributed by atoms with van der Waals surface area (Å²) in [6.07, 6.45) is 0. The fourth-order valence-corrected chi connectivity index (χ4v) is 4.74. The zero-order valence-electron chi connectivity index (χ0n) is 20.1. The molecule has 0 atom stereocenters. The number of benzene rings is 3. The van der Waals surface area contributed by atoms with Crippen LogP contribution < -0.4 is 20.3 Å². The summed E-state index contributed by atoms with van der Waals surface area (Å²) in [5.41, 5.74) is 6.14. The summed E-state index contributed by atoms with van der Waals surface area (Å²) in [6, 6.07) is 15.0. The lowest BCUT2D eigenvalue weighted by Crippen LogP contribution is -2.43. The zero-order valence-corrected chi connectivity index (χ0v) is 21.7. The van der Waals surface area contributed by atoms with Gasteiger partial charge in [-0.15, -0.1) is 0 Å². The van der Waals surface area contributed by atoms with Gasteiger partial charge in [0.15, 0.2) is 6.61 Å². The van der Waals surface area contributed by atoms with Crippen LogP contribution in [0.15, 0.2) is 65.6 Å². The number of hydrazine groups is 1. The fourth-order valence-electron chi connectivity index (χ4n) is 3.18. The standard InChI is InChI=1S/C25H24ClN3O7S/c1-15-4-5-16(2)22(12-15)37(33,34)29-19-9-6-17(7-10-19)25(32)36-14-23(30)27-28-24(31)20-13-18(26)8-11-21(20)35-3/h4-13,29H,14H2,1-3H3,(H,27,30)(H,28,31). The van der Waals surface area contributed by atoms with Crippen LogP contribution in [0.4, 0.5) is 5.69 Å². The molecule has 0 aliphatic heterocycles. The number of nitrogens with one attached hydrogen (secondary N) is 3. The van der Waals surface area contributed by atoms with Crippen LogP contribution in [0.1, 0.15) is 31.8 Å². The molecule has 0 aromatic heterocycles. The van der Waals surface area contributed by atoms with Gasteiger partial charge in [-0.1, -0.05) is 23.7 Å². The van der Waals surface area contributed by atoms with Crippen LogP contribution in [0.2, 0.25) is 5.02 Å². The Labute approximate surface area is 218 Å². The number of carbonyl (C=O) groups excluding carboxylic acids is 3. The summed E-state index contributed by atoms with van der Waals surface area (Å²) < 4.78 is 38.0. The lowest BCUT2D eigenvalue weighted by atomic mass is 10.2. The Morgan fingerprint density at radius 3 is 2.30 bits per heavy atom. The lowest BCUT2D eigenvalue weighted by Gasteiger charge is -2.12. The van der Waals surface area contributed by atoms with E-state index in [0.29, 0.717) is 10.6 Å². The molecule has 3 aromatic carbocycles. The van der Waals surface area contributed by atoms with Gasteiger partial charge in [0.2, 0.25) is 0 Å². The molecule has 0 spiro atoms. The van der Waals surface area contributed by atoms with Crippen molar-refractivity contribution >= 4 is 45.1 Å². The number of hydrogen-bond acceptors (Lipinski definition) is 7. The Balaban J connectivity index is 1.53. The van der Waals surface area contributed by atoms with Gasteiger partial charge in [0.1, 0.15) is 5.75 Å². The minimum absolute atomic E-state index is 0.0928. The Morgan fingerprint density at radius 2 is 1.62 bits per heavy atom. The molecule has 0 radical (unpaired) electrons. The minimum atomic E-state index is -3.83. The number of halogens is 1. The third-order valence-electron chi connectivity index (χ3n) is 5.06. The summed E-state index contributed by atoms with van der Waals surface area (Å²) in [6.45, 7) is 2.82. The summed E-state index contributed by atoms with van der Waals surface area (Å²) in [5, 5.41) is 0.301. The molecule has 0 fully saturated rings. The number of aryl methyl sites for hydroxylation is 2. The first kappa shape index (κ1) is 27.5. The number of carbonyl (C=O) groups is 3. The topological polar surface area (TPSA) is 140 Å². The van der Waals surface area contributed by atoms with E-state index >= 15 is 0 Å². The van der Waals surface area contributed by atoms with Crippen molar-refractivity contribution < 1.29 is 32.3 Å². The van der Waals surface area contributed by atoms with E-state index in [1.807, 2.05) is 6.07 Å². The summed E-state index contributed by atoms with van der Waals surface area (Å²) in [4.78, 5) is 36.7. The van der Waals surface area contributed by atoms with Gasteiger partial charge < -0.3 is 9.47 Å². The molecule has 10 nitrogen and oxygen atoms in total.